The fourth-order valence-electron chi connectivity index (χ4n) is 2.18. The van der Waals surface area contributed by atoms with Crippen LogP contribution in [0.2, 0.25) is 0 Å². The smallest absolute Gasteiger partial charge is 0.186 e. The molecular formula is C12H16FN3O. The van der Waals surface area contributed by atoms with Crippen molar-refractivity contribution >= 4 is 11.6 Å². The number of carbonyl (C=O) groups excluding carboxylic acids is 1. The number of nitrogens with zero attached hydrogens (tertiary/aromatic N) is 3. The Kier molecular flexibility index (Phi) is 3.36. The van der Waals surface area contributed by atoms with E-state index >= 15 is 0 Å². The minimum Gasteiger partial charge on any atom is -0.354 e. The Bertz CT molecular complexity index is 426. The number of carbonyl (C=O) groups is 1. The second kappa shape index (κ2) is 4.77. The molecule has 0 aliphatic heterocycles. The highest BCUT2D eigenvalue weighted by Crippen LogP contribution is 2.25. The second-order valence-corrected chi connectivity index (χ2v) is 4.48. The zero-order valence-electron chi connectivity index (χ0n) is 10.1. The first kappa shape index (κ1) is 12.0. The summed E-state index contributed by atoms with van der Waals surface area (Å²) >= 11 is 0. The molecule has 0 radical (unpaired) electrons. The topological polar surface area (TPSA) is 46.1 Å². The standard InChI is InChI=1S/C12H16FN3O/c1-8-11(13)12(15-7-14-8)16(2)9-3-5-10(17)6-4-9/h7,9H,3-6H2,1-2H3. The molecule has 0 aromatic carbocycles. The van der Waals surface area contributed by atoms with E-state index in [1.807, 2.05) is 11.9 Å². The van der Waals surface area contributed by atoms with Crippen molar-refractivity contribution in [2.45, 2.75) is 38.6 Å². The summed E-state index contributed by atoms with van der Waals surface area (Å²) in [7, 11) is 1.82. The minimum atomic E-state index is -0.369. The van der Waals surface area contributed by atoms with Crippen molar-refractivity contribution in [1.82, 2.24) is 9.97 Å². The van der Waals surface area contributed by atoms with Gasteiger partial charge in [0.25, 0.3) is 0 Å². The average Bonchev–Trinajstić information content (AvgIpc) is 2.33. The number of anilines is 1. The summed E-state index contributed by atoms with van der Waals surface area (Å²) in [6.45, 7) is 1.62. The lowest BCUT2D eigenvalue weighted by molar-refractivity contribution is -0.120. The van der Waals surface area contributed by atoms with Crippen LogP contribution in [0.25, 0.3) is 0 Å². The maximum atomic E-state index is 13.9. The number of hydrogen-bond acceptors (Lipinski definition) is 4. The Hall–Kier alpha value is -1.52. The van der Waals surface area contributed by atoms with Gasteiger partial charge in [0, 0.05) is 25.9 Å². The third-order valence-corrected chi connectivity index (χ3v) is 3.34. The van der Waals surface area contributed by atoms with Crippen molar-refractivity contribution < 1.29 is 9.18 Å². The molecule has 0 bridgehead atoms. The van der Waals surface area contributed by atoms with Gasteiger partial charge < -0.3 is 4.90 Å². The highest BCUT2D eigenvalue weighted by molar-refractivity contribution is 5.79. The van der Waals surface area contributed by atoms with E-state index in [1.165, 1.54) is 6.33 Å². The van der Waals surface area contributed by atoms with Crippen LogP contribution in [0.1, 0.15) is 31.4 Å². The lowest BCUT2D eigenvalue weighted by Gasteiger charge is -2.31. The Morgan fingerprint density at radius 3 is 2.65 bits per heavy atom. The van der Waals surface area contributed by atoms with Crippen molar-refractivity contribution in [3.63, 3.8) is 0 Å². The summed E-state index contributed by atoms with van der Waals surface area (Å²) in [4.78, 5) is 20.8. The highest BCUT2D eigenvalue weighted by atomic mass is 19.1. The van der Waals surface area contributed by atoms with Gasteiger partial charge in [0.15, 0.2) is 11.6 Å². The first-order chi connectivity index (χ1) is 8.09. The molecule has 5 heteroatoms. The number of hydrogen-bond donors (Lipinski definition) is 0. The van der Waals surface area contributed by atoms with E-state index < -0.39 is 0 Å². The summed E-state index contributed by atoms with van der Waals surface area (Å²) in [5.41, 5.74) is 0.355. The van der Waals surface area contributed by atoms with Gasteiger partial charge >= 0.3 is 0 Å². The Balaban J connectivity index is 2.16. The van der Waals surface area contributed by atoms with Gasteiger partial charge in [-0.3, -0.25) is 4.79 Å². The van der Waals surface area contributed by atoms with E-state index in [2.05, 4.69) is 9.97 Å². The number of aromatic nitrogens is 2. The molecule has 1 aliphatic rings. The van der Waals surface area contributed by atoms with Crippen LogP contribution in [0.3, 0.4) is 0 Å². The second-order valence-electron chi connectivity index (χ2n) is 4.48. The van der Waals surface area contributed by atoms with Crippen molar-refractivity contribution in [1.29, 1.82) is 0 Å². The van der Waals surface area contributed by atoms with E-state index in [-0.39, 0.29) is 11.9 Å². The molecule has 1 aliphatic carbocycles. The molecule has 1 saturated carbocycles. The molecule has 1 fully saturated rings. The Morgan fingerprint density at radius 1 is 1.35 bits per heavy atom. The van der Waals surface area contributed by atoms with E-state index in [0.717, 1.165) is 12.8 Å². The van der Waals surface area contributed by atoms with Crippen LogP contribution < -0.4 is 4.90 Å². The molecule has 1 heterocycles. The number of aryl methyl sites for hydroxylation is 1. The maximum absolute atomic E-state index is 13.9. The van der Waals surface area contributed by atoms with Crippen molar-refractivity contribution in [3.8, 4) is 0 Å². The van der Waals surface area contributed by atoms with Crippen LogP contribution in [-0.2, 0) is 4.79 Å². The predicted octanol–water partition coefficient (Wildman–Crippen LogP) is 1.87. The molecule has 0 N–H and O–H groups in total. The lowest BCUT2D eigenvalue weighted by atomic mass is 9.93. The number of rotatable bonds is 2. The molecule has 17 heavy (non-hydrogen) atoms. The highest BCUT2D eigenvalue weighted by Gasteiger charge is 2.25. The number of halogens is 1. The van der Waals surface area contributed by atoms with Gasteiger partial charge in [0.1, 0.15) is 12.1 Å². The Morgan fingerprint density at radius 2 is 2.00 bits per heavy atom. The molecule has 92 valence electrons. The van der Waals surface area contributed by atoms with Crippen molar-refractivity contribution in [3.05, 3.63) is 17.8 Å². The van der Waals surface area contributed by atoms with Gasteiger partial charge in [-0.1, -0.05) is 0 Å². The molecule has 0 spiro atoms. The molecule has 0 unspecified atom stereocenters. The first-order valence-corrected chi connectivity index (χ1v) is 5.81. The van der Waals surface area contributed by atoms with E-state index in [9.17, 15) is 9.18 Å². The van der Waals surface area contributed by atoms with E-state index in [1.54, 1.807) is 6.92 Å². The van der Waals surface area contributed by atoms with Crippen molar-refractivity contribution in [2.24, 2.45) is 0 Å². The van der Waals surface area contributed by atoms with E-state index in [0.29, 0.717) is 30.1 Å². The van der Waals surface area contributed by atoms with Crippen LogP contribution in [0.15, 0.2) is 6.33 Å². The van der Waals surface area contributed by atoms with Crippen LogP contribution in [-0.4, -0.2) is 28.8 Å². The zero-order chi connectivity index (χ0) is 12.4. The van der Waals surface area contributed by atoms with Crippen LogP contribution in [0, 0.1) is 12.7 Å². The molecule has 0 amide bonds. The molecule has 0 saturated heterocycles. The summed E-state index contributed by atoms with van der Waals surface area (Å²) in [6, 6.07) is 0.191. The van der Waals surface area contributed by atoms with Gasteiger partial charge in [-0.25, -0.2) is 14.4 Å². The van der Waals surface area contributed by atoms with Crippen molar-refractivity contribution in [2.75, 3.05) is 11.9 Å². The van der Waals surface area contributed by atoms with Gasteiger partial charge in [0.2, 0.25) is 0 Å². The summed E-state index contributed by atoms with van der Waals surface area (Å²) in [5.74, 6) is 0.262. The minimum absolute atomic E-state index is 0.191. The number of ketones is 1. The SMILES string of the molecule is Cc1ncnc(N(C)C2CCC(=O)CC2)c1F. The third kappa shape index (κ3) is 2.43. The molecule has 1 aromatic rings. The van der Waals surface area contributed by atoms with Gasteiger partial charge in [0.05, 0.1) is 5.69 Å². The monoisotopic (exact) mass is 237 g/mol. The predicted molar refractivity (Wildman–Crippen MR) is 62.4 cm³/mol. The Labute approximate surface area is 99.9 Å². The van der Waals surface area contributed by atoms with Crippen LogP contribution in [0.4, 0.5) is 10.2 Å². The van der Waals surface area contributed by atoms with Gasteiger partial charge in [-0.05, 0) is 19.8 Å². The van der Waals surface area contributed by atoms with Crippen LogP contribution >= 0.6 is 0 Å². The molecule has 0 atom stereocenters. The quantitative estimate of drug-likeness (QED) is 0.787. The maximum Gasteiger partial charge on any atom is 0.186 e. The summed E-state index contributed by atoms with van der Waals surface area (Å²) in [5, 5.41) is 0. The largest absolute Gasteiger partial charge is 0.354 e. The fourth-order valence-corrected chi connectivity index (χ4v) is 2.18. The van der Waals surface area contributed by atoms with E-state index in [4.69, 9.17) is 0 Å². The van der Waals surface area contributed by atoms with Gasteiger partial charge in [-0.15, -0.1) is 0 Å². The summed E-state index contributed by atoms with van der Waals surface area (Å²) in [6.07, 6.45) is 4.09. The molecule has 1 aromatic heterocycles. The normalized spacial score (nSPS) is 17.2. The van der Waals surface area contributed by atoms with Crippen LogP contribution in [0.5, 0.6) is 0 Å². The molecular weight excluding hydrogens is 221 g/mol. The summed E-state index contributed by atoms with van der Waals surface area (Å²) < 4.78 is 13.9. The third-order valence-electron chi connectivity index (χ3n) is 3.34. The molecule has 2 rings (SSSR count). The molecule has 4 nitrogen and oxygen atoms in total. The number of Topliss-reactive ketones (excluding diaryl/α,β-unsaturated/α-hetero) is 1. The average molecular weight is 237 g/mol. The first-order valence-electron chi connectivity index (χ1n) is 5.81. The zero-order valence-corrected chi connectivity index (χ0v) is 10.1. The lowest BCUT2D eigenvalue weighted by Crippen LogP contribution is -2.36. The fraction of sp³-hybridized carbons (Fsp3) is 0.583. The van der Waals surface area contributed by atoms with Gasteiger partial charge in [-0.2, -0.15) is 0 Å².